The van der Waals surface area contributed by atoms with E-state index in [1.165, 1.54) is 11.6 Å². The van der Waals surface area contributed by atoms with Crippen molar-refractivity contribution in [2.75, 3.05) is 13.1 Å². The van der Waals surface area contributed by atoms with Gasteiger partial charge in [0.25, 0.3) is 5.56 Å². The number of hydrogen-bond donors (Lipinski definition) is 1. The van der Waals surface area contributed by atoms with E-state index in [1.54, 1.807) is 13.4 Å². The highest BCUT2D eigenvalue weighted by atomic mass is 16.2. The first kappa shape index (κ1) is 13.1. The average molecular weight is 277 g/mol. The normalized spacial score (nSPS) is 16.9. The molecule has 0 saturated carbocycles. The van der Waals surface area contributed by atoms with Gasteiger partial charge in [-0.1, -0.05) is 0 Å². The van der Waals surface area contributed by atoms with Gasteiger partial charge in [0, 0.05) is 20.6 Å². The molecule has 7 heteroatoms. The maximum atomic E-state index is 12.3. The van der Waals surface area contributed by atoms with Crippen LogP contribution in [-0.2, 0) is 20.6 Å². The lowest BCUT2D eigenvalue weighted by Gasteiger charge is -2.23. The summed E-state index contributed by atoms with van der Waals surface area (Å²) in [4.78, 5) is 28.4. The van der Waals surface area contributed by atoms with Crippen LogP contribution in [0.3, 0.4) is 0 Å². The van der Waals surface area contributed by atoms with Crippen molar-refractivity contribution >= 4 is 11.2 Å². The lowest BCUT2D eigenvalue weighted by molar-refractivity contribution is 0.336. The van der Waals surface area contributed by atoms with Gasteiger partial charge in [-0.25, -0.2) is 9.78 Å². The van der Waals surface area contributed by atoms with E-state index in [0.29, 0.717) is 17.1 Å². The fourth-order valence-electron chi connectivity index (χ4n) is 2.88. The van der Waals surface area contributed by atoms with Gasteiger partial charge >= 0.3 is 5.69 Å². The number of fused-ring (bicyclic) bond motifs is 1. The second-order valence-electron chi connectivity index (χ2n) is 5.47. The first-order valence-corrected chi connectivity index (χ1v) is 6.91. The van der Waals surface area contributed by atoms with Crippen LogP contribution in [0.5, 0.6) is 0 Å². The van der Waals surface area contributed by atoms with E-state index in [2.05, 4.69) is 10.3 Å². The van der Waals surface area contributed by atoms with Gasteiger partial charge in [0.2, 0.25) is 0 Å². The van der Waals surface area contributed by atoms with Crippen molar-refractivity contribution in [3.8, 4) is 0 Å². The van der Waals surface area contributed by atoms with Gasteiger partial charge in [-0.05, 0) is 31.8 Å². The third-order valence-corrected chi connectivity index (χ3v) is 4.13. The molecule has 3 rings (SSSR count). The summed E-state index contributed by atoms with van der Waals surface area (Å²) in [6.07, 6.45) is 3.88. The molecule has 1 aliphatic heterocycles. The average Bonchev–Trinajstić information content (AvgIpc) is 2.88. The maximum absolute atomic E-state index is 12.3. The quantitative estimate of drug-likeness (QED) is 0.798. The van der Waals surface area contributed by atoms with E-state index < -0.39 is 0 Å². The minimum absolute atomic E-state index is 0.269. The molecule has 2 aromatic rings. The highest BCUT2D eigenvalue weighted by Gasteiger charge is 2.18. The number of aromatic nitrogens is 4. The fourth-order valence-corrected chi connectivity index (χ4v) is 2.88. The Balaban J connectivity index is 2.09. The molecule has 0 spiro atoms. The molecule has 0 unspecified atom stereocenters. The summed E-state index contributed by atoms with van der Waals surface area (Å²) in [5.74, 6) is 0.551. The van der Waals surface area contributed by atoms with E-state index in [-0.39, 0.29) is 11.2 Å². The summed E-state index contributed by atoms with van der Waals surface area (Å²) in [5, 5.41) is 3.33. The van der Waals surface area contributed by atoms with Crippen LogP contribution in [0, 0.1) is 5.92 Å². The van der Waals surface area contributed by atoms with Crippen LogP contribution in [0.1, 0.15) is 12.8 Å². The highest BCUT2D eigenvalue weighted by Crippen LogP contribution is 2.16. The monoisotopic (exact) mass is 277 g/mol. The number of aryl methyl sites for hydroxylation is 1. The predicted molar refractivity (Wildman–Crippen MR) is 75.8 cm³/mol. The van der Waals surface area contributed by atoms with Crippen LogP contribution in [0.2, 0.25) is 0 Å². The van der Waals surface area contributed by atoms with Crippen LogP contribution in [0.25, 0.3) is 11.2 Å². The second-order valence-corrected chi connectivity index (χ2v) is 5.47. The van der Waals surface area contributed by atoms with Crippen LogP contribution < -0.4 is 16.6 Å². The van der Waals surface area contributed by atoms with Gasteiger partial charge in [0.15, 0.2) is 11.2 Å². The summed E-state index contributed by atoms with van der Waals surface area (Å²) in [7, 11) is 3.15. The molecule has 0 radical (unpaired) electrons. The lowest BCUT2D eigenvalue weighted by atomic mass is 9.98. The minimum Gasteiger partial charge on any atom is -0.324 e. The van der Waals surface area contributed by atoms with Crippen molar-refractivity contribution in [1.29, 1.82) is 0 Å². The van der Waals surface area contributed by atoms with Crippen LogP contribution in [-0.4, -0.2) is 31.8 Å². The molecule has 108 valence electrons. The minimum atomic E-state index is -0.338. The number of imidazole rings is 1. The van der Waals surface area contributed by atoms with Crippen LogP contribution >= 0.6 is 0 Å². The topological polar surface area (TPSA) is 73.8 Å². The number of piperidine rings is 1. The third-order valence-electron chi connectivity index (χ3n) is 4.13. The molecule has 2 aromatic heterocycles. The third kappa shape index (κ3) is 1.98. The van der Waals surface area contributed by atoms with Gasteiger partial charge in [-0.15, -0.1) is 0 Å². The molecular formula is C13H19N5O2. The van der Waals surface area contributed by atoms with Crippen molar-refractivity contribution < 1.29 is 0 Å². The molecule has 7 nitrogen and oxygen atoms in total. The standard InChI is InChI=1S/C13H19N5O2/c1-16-11-10(12(19)17(2)13(16)20)18(8-15-11)7-9-3-5-14-6-4-9/h8-9,14H,3-7H2,1-2H3. The molecule has 20 heavy (non-hydrogen) atoms. The maximum Gasteiger partial charge on any atom is 0.332 e. The molecule has 0 amide bonds. The molecule has 3 heterocycles. The number of nitrogens with one attached hydrogen (secondary N) is 1. The van der Waals surface area contributed by atoms with E-state index >= 15 is 0 Å². The van der Waals surface area contributed by atoms with Crippen molar-refractivity contribution in [3.05, 3.63) is 27.2 Å². The van der Waals surface area contributed by atoms with Crippen molar-refractivity contribution in [2.24, 2.45) is 20.0 Å². The highest BCUT2D eigenvalue weighted by molar-refractivity contribution is 5.69. The molecule has 0 aliphatic carbocycles. The fraction of sp³-hybridized carbons (Fsp3) is 0.615. The Bertz CT molecular complexity index is 748. The largest absolute Gasteiger partial charge is 0.332 e. The van der Waals surface area contributed by atoms with Crippen molar-refractivity contribution in [1.82, 2.24) is 24.0 Å². The molecule has 0 atom stereocenters. The predicted octanol–water partition coefficient (Wildman–Crippen LogP) is -0.567. The Morgan fingerprint density at radius 2 is 1.95 bits per heavy atom. The van der Waals surface area contributed by atoms with Crippen LogP contribution in [0.15, 0.2) is 15.9 Å². The molecular weight excluding hydrogens is 258 g/mol. The SMILES string of the molecule is Cn1c(=O)c2c(ncn2CC2CCNCC2)n(C)c1=O. The summed E-state index contributed by atoms with van der Waals surface area (Å²) >= 11 is 0. The van der Waals surface area contributed by atoms with Gasteiger partial charge in [-0.2, -0.15) is 0 Å². The Morgan fingerprint density at radius 1 is 1.25 bits per heavy atom. The van der Waals surface area contributed by atoms with Crippen molar-refractivity contribution in [3.63, 3.8) is 0 Å². The van der Waals surface area contributed by atoms with Gasteiger partial charge in [0.1, 0.15) is 0 Å². The molecule has 1 aliphatic rings. The van der Waals surface area contributed by atoms with E-state index in [4.69, 9.17) is 0 Å². The summed E-state index contributed by atoms with van der Waals surface area (Å²) < 4.78 is 4.46. The zero-order chi connectivity index (χ0) is 14.3. The van der Waals surface area contributed by atoms with E-state index in [1.807, 2.05) is 4.57 Å². The Kier molecular flexibility index (Phi) is 3.21. The molecule has 1 N–H and O–H groups in total. The smallest absolute Gasteiger partial charge is 0.324 e. The van der Waals surface area contributed by atoms with E-state index in [0.717, 1.165) is 37.0 Å². The number of hydrogen-bond acceptors (Lipinski definition) is 4. The first-order valence-electron chi connectivity index (χ1n) is 6.91. The summed E-state index contributed by atoms with van der Waals surface area (Å²) in [5.41, 5.74) is 0.379. The van der Waals surface area contributed by atoms with Gasteiger partial charge in [-0.3, -0.25) is 13.9 Å². The van der Waals surface area contributed by atoms with Gasteiger partial charge < -0.3 is 9.88 Å². The second kappa shape index (κ2) is 4.90. The Morgan fingerprint density at radius 3 is 2.65 bits per heavy atom. The van der Waals surface area contributed by atoms with Crippen molar-refractivity contribution in [2.45, 2.75) is 19.4 Å². The molecule has 1 fully saturated rings. The lowest BCUT2D eigenvalue weighted by Crippen LogP contribution is -2.38. The Hall–Kier alpha value is -1.89. The molecule has 1 saturated heterocycles. The van der Waals surface area contributed by atoms with E-state index in [9.17, 15) is 9.59 Å². The first-order chi connectivity index (χ1) is 9.59. The number of nitrogens with zero attached hydrogens (tertiary/aromatic N) is 4. The summed E-state index contributed by atoms with van der Waals surface area (Å²) in [6, 6.07) is 0. The zero-order valence-electron chi connectivity index (χ0n) is 11.8. The molecule has 0 bridgehead atoms. The zero-order valence-corrected chi connectivity index (χ0v) is 11.8. The van der Waals surface area contributed by atoms with Crippen LogP contribution in [0.4, 0.5) is 0 Å². The summed E-state index contributed by atoms with van der Waals surface area (Å²) in [6.45, 7) is 2.83. The Labute approximate surface area is 115 Å². The van der Waals surface area contributed by atoms with Gasteiger partial charge in [0.05, 0.1) is 6.33 Å². The number of rotatable bonds is 2. The molecule has 0 aromatic carbocycles.